The van der Waals surface area contributed by atoms with Gasteiger partial charge in [-0.05, 0) is 33.8 Å². The predicted molar refractivity (Wildman–Crippen MR) is 84.0 cm³/mol. The highest BCUT2D eigenvalue weighted by Crippen LogP contribution is 2.31. The van der Waals surface area contributed by atoms with E-state index in [2.05, 4.69) is 4.72 Å². The zero-order chi connectivity index (χ0) is 16.9. The summed E-state index contributed by atoms with van der Waals surface area (Å²) in [5, 5.41) is -0.0235. The average molecular weight is 350 g/mol. The molecule has 124 valence electrons. The summed E-state index contributed by atoms with van der Waals surface area (Å²) in [6, 6.07) is 2.18. The van der Waals surface area contributed by atoms with Crippen LogP contribution in [0, 0.1) is 0 Å². The smallest absolute Gasteiger partial charge is 0.341 e. The van der Waals surface area contributed by atoms with Gasteiger partial charge in [0.25, 0.3) is 0 Å². The molecule has 1 N–H and O–H groups in total. The van der Waals surface area contributed by atoms with Gasteiger partial charge in [0.15, 0.2) is 0 Å². The maximum absolute atomic E-state index is 12.3. The van der Waals surface area contributed by atoms with Gasteiger partial charge in [-0.2, -0.15) is 0 Å². The van der Waals surface area contributed by atoms with Crippen molar-refractivity contribution in [3.63, 3.8) is 0 Å². The topological polar surface area (TPSA) is 81.7 Å². The van der Waals surface area contributed by atoms with Crippen LogP contribution >= 0.6 is 11.6 Å². The Morgan fingerprint density at radius 1 is 1.27 bits per heavy atom. The van der Waals surface area contributed by atoms with Crippen molar-refractivity contribution in [2.24, 2.45) is 0 Å². The molecule has 0 fully saturated rings. The molecule has 1 rings (SSSR count). The molecule has 0 aliphatic heterocycles. The zero-order valence-corrected chi connectivity index (χ0v) is 14.5. The molecule has 0 radical (unpaired) electrons. The van der Waals surface area contributed by atoms with Gasteiger partial charge in [-0.25, -0.2) is 17.9 Å². The molecule has 0 spiro atoms. The summed E-state index contributed by atoms with van der Waals surface area (Å²) in [5.41, 5.74) is 0.0252. The van der Waals surface area contributed by atoms with Gasteiger partial charge in [0.05, 0.1) is 18.2 Å². The molecule has 0 atom stereocenters. The van der Waals surface area contributed by atoms with Gasteiger partial charge in [-0.15, -0.1) is 0 Å². The van der Waals surface area contributed by atoms with Crippen LogP contribution in [0.3, 0.4) is 0 Å². The Kier molecular flexibility index (Phi) is 6.65. The van der Waals surface area contributed by atoms with Crippen LogP contribution in [0.2, 0.25) is 5.02 Å². The van der Waals surface area contributed by atoms with Crippen molar-refractivity contribution in [3.8, 4) is 5.75 Å². The Labute approximate surface area is 135 Å². The second kappa shape index (κ2) is 7.80. The van der Waals surface area contributed by atoms with E-state index in [1.54, 1.807) is 27.7 Å². The van der Waals surface area contributed by atoms with Gasteiger partial charge in [0.2, 0.25) is 10.0 Å². The van der Waals surface area contributed by atoms with Crippen LogP contribution in [0.4, 0.5) is 0 Å². The third-order valence-corrected chi connectivity index (χ3v) is 4.63. The van der Waals surface area contributed by atoms with Gasteiger partial charge in [-0.3, -0.25) is 0 Å². The summed E-state index contributed by atoms with van der Waals surface area (Å²) < 4.78 is 37.2. The van der Waals surface area contributed by atoms with E-state index in [0.717, 1.165) is 0 Å². The van der Waals surface area contributed by atoms with Gasteiger partial charge in [0.1, 0.15) is 16.2 Å². The molecule has 22 heavy (non-hydrogen) atoms. The second-order valence-electron chi connectivity index (χ2n) is 4.71. The van der Waals surface area contributed by atoms with Crippen LogP contribution in [0.5, 0.6) is 5.75 Å². The quantitative estimate of drug-likeness (QED) is 0.765. The third kappa shape index (κ3) is 4.59. The molecular weight excluding hydrogens is 330 g/mol. The Hall–Kier alpha value is -1.31. The number of hydrogen-bond donors (Lipinski definition) is 1. The predicted octanol–water partition coefficient (Wildman–Crippen LogP) is 2.60. The van der Waals surface area contributed by atoms with Crippen molar-refractivity contribution in [1.29, 1.82) is 0 Å². The molecule has 8 heteroatoms. The highest BCUT2D eigenvalue weighted by atomic mass is 35.5. The fraction of sp³-hybridized carbons (Fsp3) is 0.500. The van der Waals surface area contributed by atoms with Crippen LogP contribution in [-0.2, 0) is 14.8 Å². The molecule has 0 heterocycles. The minimum atomic E-state index is -3.84. The van der Waals surface area contributed by atoms with E-state index in [1.165, 1.54) is 12.1 Å². The Balaban J connectivity index is 3.43. The van der Waals surface area contributed by atoms with Gasteiger partial charge in [0, 0.05) is 12.1 Å². The Morgan fingerprint density at radius 3 is 2.41 bits per heavy atom. The maximum Gasteiger partial charge on any atom is 0.341 e. The fourth-order valence-corrected chi connectivity index (χ4v) is 3.55. The highest BCUT2D eigenvalue weighted by molar-refractivity contribution is 7.89. The van der Waals surface area contributed by atoms with E-state index in [4.69, 9.17) is 21.1 Å². The number of ether oxygens (including phenoxy) is 2. The van der Waals surface area contributed by atoms with Crippen LogP contribution < -0.4 is 9.46 Å². The lowest BCUT2D eigenvalue weighted by molar-refractivity contribution is 0.0521. The van der Waals surface area contributed by atoms with Crippen molar-refractivity contribution in [2.45, 2.75) is 38.6 Å². The molecule has 0 bridgehead atoms. The first-order valence-electron chi connectivity index (χ1n) is 6.88. The maximum atomic E-state index is 12.3. The summed E-state index contributed by atoms with van der Waals surface area (Å²) in [5.74, 6) is -0.474. The summed E-state index contributed by atoms with van der Waals surface area (Å²) in [6.07, 6.45) is 0. The number of nitrogens with one attached hydrogen (secondary N) is 1. The number of carbonyl (C=O) groups excluding carboxylic acids is 1. The monoisotopic (exact) mass is 349 g/mol. The number of esters is 1. The lowest BCUT2D eigenvalue weighted by Gasteiger charge is -2.15. The summed E-state index contributed by atoms with van der Waals surface area (Å²) >= 11 is 6.04. The number of benzene rings is 1. The average Bonchev–Trinajstić information content (AvgIpc) is 2.37. The standard InChI is InChI=1S/C14H20ClNO5S/c1-5-20-12-8-11(15)13(22(18,19)16-9(3)4)7-10(12)14(17)21-6-2/h7-9,16H,5-6H2,1-4H3. The molecule has 0 aliphatic carbocycles. The number of halogens is 1. The molecule has 6 nitrogen and oxygen atoms in total. The van der Waals surface area contributed by atoms with Gasteiger partial charge in [-0.1, -0.05) is 11.6 Å². The van der Waals surface area contributed by atoms with Gasteiger partial charge < -0.3 is 9.47 Å². The van der Waals surface area contributed by atoms with E-state index < -0.39 is 16.0 Å². The van der Waals surface area contributed by atoms with E-state index in [0.29, 0.717) is 6.61 Å². The van der Waals surface area contributed by atoms with Crippen molar-refractivity contribution >= 4 is 27.6 Å². The Morgan fingerprint density at radius 2 is 1.91 bits per heavy atom. The Bertz CT molecular complexity index is 643. The van der Waals surface area contributed by atoms with Crippen molar-refractivity contribution in [2.75, 3.05) is 13.2 Å². The van der Waals surface area contributed by atoms with Crippen molar-refractivity contribution in [1.82, 2.24) is 4.72 Å². The van der Waals surface area contributed by atoms with E-state index in [-0.39, 0.29) is 33.9 Å². The lowest BCUT2D eigenvalue weighted by atomic mass is 10.2. The molecular formula is C14H20ClNO5S. The van der Waals surface area contributed by atoms with E-state index in [1.807, 2.05) is 0 Å². The fourth-order valence-electron chi connectivity index (χ4n) is 1.76. The van der Waals surface area contributed by atoms with Crippen LogP contribution in [-0.4, -0.2) is 33.6 Å². The van der Waals surface area contributed by atoms with Crippen LogP contribution in [0.25, 0.3) is 0 Å². The van der Waals surface area contributed by atoms with Crippen LogP contribution in [0.1, 0.15) is 38.1 Å². The molecule has 0 aromatic heterocycles. The molecule has 0 saturated carbocycles. The summed E-state index contributed by atoms with van der Waals surface area (Å²) in [4.78, 5) is 11.8. The van der Waals surface area contributed by atoms with Crippen molar-refractivity contribution in [3.05, 3.63) is 22.7 Å². The largest absolute Gasteiger partial charge is 0.493 e. The minimum absolute atomic E-state index is 0.0235. The SMILES string of the molecule is CCOC(=O)c1cc(S(=O)(=O)NC(C)C)c(Cl)cc1OCC. The molecule has 1 aromatic rings. The number of hydrogen-bond acceptors (Lipinski definition) is 5. The highest BCUT2D eigenvalue weighted by Gasteiger charge is 2.24. The van der Waals surface area contributed by atoms with E-state index in [9.17, 15) is 13.2 Å². The molecule has 0 amide bonds. The molecule has 1 aromatic carbocycles. The minimum Gasteiger partial charge on any atom is -0.493 e. The zero-order valence-electron chi connectivity index (χ0n) is 13.0. The number of carbonyl (C=O) groups is 1. The second-order valence-corrected chi connectivity index (χ2v) is 6.80. The summed E-state index contributed by atoms with van der Waals surface area (Å²) in [6.45, 7) is 7.25. The number of sulfonamides is 1. The molecule has 0 saturated heterocycles. The van der Waals surface area contributed by atoms with Gasteiger partial charge >= 0.3 is 5.97 Å². The van der Waals surface area contributed by atoms with Crippen molar-refractivity contribution < 1.29 is 22.7 Å². The number of rotatable bonds is 7. The first-order valence-corrected chi connectivity index (χ1v) is 8.74. The normalized spacial score (nSPS) is 11.5. The first-order chi connectivity index (χ1) is 10.2. The molecule has 0 aliphatic rings. The molecule has 0 unspecified atom stereocenters. The third-order valence-electron chi connectivity index (χ3n) is 2.51. The van der Waals surface area contributed by atoms with Crippen LogP contribution in [0.15, 0.2) is 17.0 Å². The first kappa shape index (κ1) is 18.7. The summed E-state index contributed by atoms with van der Waals surface area (Å²) in [7, 11) is -3.84. The van der Waals surface area contributed by atoms with E-state index >= 15 is 0 Å². The lowest BCUT2D eigenvalue weighted by Crippen LogP contribution is -2.30.